The Bertz CT molecular complexity index is 972. The average Bonchev–Trinajstić information content (AvgIpc) is 2.64. The van der Waals surface area contributed by atoms with E-state index in [1.54, 1.807) is 19.0 Å². The average molecular weight is 421 g/mol. The summed E-state index contributed by atoms with van der Waals surface area (Å²) in [5.74, 6) is 1.28. The van der Waals surface area contributed by atoms with E-state index in [9.17, 15) is 4.79 Å². The van der Waals surface area contributed by atoms with E-state index < -0.39 is 5.60 Å². The van der Waals surface area contributed by atoms with Gasteiger partial charge in [0, 0.05) is 25.2 Å². The first-order valence-electron chi connectivity index (χ1n) is 10.9. The van der Waals surface area contributed by atoms with Crippen molar-refractivity contribution in [3.05, 3.63) is 39.8 Å². The summed E-state index contributed by atoms with van der Waals surface area (Å²) >= 11 is 3.63. The van der Waals surface area contributed by atoms with Crippen LogP contribution in [-0.4, -0.2) is 32.7 Å². The van der Waals surface area contributed by atoms with Crippen molar-refractivity contribution in [2.45, 2.75) is 65.5 Å². The molecule has 1 aliphatic rings. The van der Waals surface area contributed by atoms with Crippen LogP contribution < -0.4 is 15.1 Å². The first-order chi connectivity index (χ1) is 14.6. The molecule has 2 aromatic rings. The van der Waals surface area contributed by atoms with Crippen LogP contribution in [0.5, 0.6) is 11.5 Å². The first-order valence-corrected chi connectivity index (χ1v) is 10.5. The van der Waals surface area contributed by atoms with Gasteiger partial charge in [-0.25, -0.2) is 17.3 Å². The van der Waals surface area contributed by atoms with E-state index in [-0.39, 0.29) is 24.9 Å². The molecular formula is C22H31BO5S. The van der Waals surface area contributed by atoms with Gasteiger partial charge < -0.3 is 19.0 Å². The number of aliphatic hydroxyl groups excluding tert-OH is 1. The zero-order chi connectivity index (χ0) is 23.2. The van der Waals surface area contributed by atoms with Gasteiger partial charge in [0.05, 0.1) is 17.1 Å². The van der Waals surface area contributed by atoms with Crippen LogP contribution in [-0.2, 0) is 6.42 Å². The van der Waals surface area contributed by atoms with Crippen molar-refractivity contribution in [1.29, 1.82) is 2.77 Å². The molecule has 1 N–H and O–H groups in total. The highest BCUT2D eigenvalue weighted by molar-refractivity contribution is 8.06. The van der Waals surface area contributed by atoms with E-state index in [1.165, 1.54) is 0 Å². The van der Waals surface area contributed by atoms with Gasteiger partial charge in [-0.05, 0) is 46.2 Å². The summed E-state index contributed by atoms with van der Waals surface area (Å²) in [7, 11) is 0. The van der Waals surface area contributed by atoms with Crippen LogP contribution in [0.3, 0.4) is 0 Å². The zero-order valence-corrected chi connectivity index (χ0v) is 18.7. The van der Waals surface area contributed by atoms with E-state index in [0.717, 1.165) is 29.4 Å². The van der Waals surface area contributed by atoms with E-state index in [2.05, 4.69) is 24.5 Å². The highest BCUT2D eigenvalue weighted by atomic mass is 32.1. The van der Waals surface area contributed by atoms with Gasteiger partial charge in [-0.15, -0.1) is 0 Å². The number of aliphatic hydroxyl groups is 1. The number of hydrogen-bond acceptors (Lipinski definition) is 6. The van der Waals surface area contributed by atoms with Crippen LogP contribution in [0.1, 0.15) is 51.7 Å². The molecule has 1 aromatic carbocycles. The monoisotopic (exact) mass is 421 g/mol. The Morgan fingerprint density at radius 1 is 1.48 bits per heavy atom. The summed E-state index contributed by atoms with van der Waals surface area (Å²) in [5, 5.41) is 5.22. The van der Waals surface area contributed by atoms with Gasteiger partial charge in [-0.3, -0.25) is 0 Å². The van der Waals surface area contributed by atoms with Gasteiger partial charge in [-0.1, -0.05) is 20.2 Å². The number of fused-ring (bicyclic) bond motifs is 3. The Morgan fingerprint density at radius 3 is 2.86 bits per heavy atom. The molecule has 1 aromatic heterocycles. The Labute approximate surface area is 181 Å². The standard InChI is InChI=1S/C21H26O5.CH5BS/c1-5-6-14-11-18(23)25-17-12-16(24-13(2)8-10-22)15-7-9-21(3,4)26-20(15)19(14)17;1-2-3/h7,9,11-13,22H,5-6,8,10H2,1-4H3;2-3H,1H3/i22T;2D. The van der Waals surface area contributed by atoms with Gasteiger partial charge >= 0.3 is 5.63 Å². The Morgan fingerprint density at radius 2 is 2.21 bits per heavy atom. The maximum absolute atomic E-state index is 12.0. The van der Waals surface area contributed by atoms with Crippen LogP contribution in [0, 0.1) is 0 Å². The van der Waals surface area contributed by atoms with Crippen LogP contribution in [0.4, 0.5) is 0 Å². The molecule has 0 saturated carbocycles. The predicted octanol–water partition coefficient (Wildman–Crippen LogP) is 4.40. The molecule has 3 rings (SSSR count). The molecule has 7 heteroatoms. The number of thiol groups is 1. The minimum atomic E-state index is -0.469. The molecule has 2 heterocycles. The fraction of sp³-hybridized carbons (Fsp3) is 0.500. The second-order valence-electron chi connectivity index (χ2n) is 7.55. The smallest absolute Gasteiger partial charge is 0.336 e. The Kier molecular flexibility index (Phi) is 7.22. The molecule has 0 bridgehead atoms. The lowest BCUT2D eigenvalue weighted by atomic mass is 9.96. The molecular weight excluding hydrogens is 387 g/mol. The summed E-state index contributed by atoms with van der Waals surface area (Å²) < 4.78 is 31.1. The lowest BCUT2D eigenvalue weighted by Gasteiger charge is -2.30. The second-order valence-corrected chi connectivity index (χ2v) is 8.07. The lowest BCUT2D eigenvalue weighted by Crippen LogP contribution is -2.28. The SMILES string of the molecule is [2H]B(C)S.[3H]OCCC(C)Oc1cc2oc(=O)cc(CCC)c2c2c1C=CC(C)(C)O2. The summed E-state index contributed by atoms with van der Waals surface area (Å²) in [6.45, 7) is 9.72. The van der Waals surface area contributed by atoms with Crippen LogP contribution in [0.15, 0.2) is 27.4 Å². The summed E-state index contributed by atoms with van der Waals surface area (Å²) in [4.78, 5) is 12.0. The van der Waals surface area contributed by atoms with Crippen LogP contribution >= 0.6 is 12.5 Å². The van der Waals surface area contributed by atoms with Crippen molar-refractivity contribution in [3.63, 3.8) is 0 Å². The van der Waals surface area contributed by atoms with Gasteiger partial charge in [0.25, 0.3) is 0 Å². The highest BCUT2D eigenvalue weighted by Crippen LogP contribution is 2.44. The van der Waals surface area contributed by atoms with Gasteiger partial charge in [0.15, 0.2) is 6.52 Å². The molecule has 5 nitrogen and oxygen atoms in total. The molecule has 0 fully saturated rings. The molecule has 29 heavy (non-hydrogen) atoms. The highest BCUT2D eigenvalue weighted by Gasteiger charge is 2.28. The fourth-order valence-electron chi connectivity index (χ4n) is 3.21. The third-order valence-corrected chi connectivity index (χ3v) is 4.46. The van der Waals surface area contributed by atoms with Gasteiger partial charge in [-0.2, -0.15) is 0 Å². The molecule has 0 spiro atoms. The third kappa shape index (κ3) is 5.83. The van der Waals surface area contributed by atoms with Crippen molar-refractivity contribution in [3.8, 4) is 11.5 Å². The third-order valence-electron chi connectivity index (χ3n) is 4.46. The van der Waals surface area contributed by atoms with E-state index in [0.29, 0.717) is 23.5 Å². The van der Waals surface area contributed by atoms with Crippen molar-refractivity contribution in [1.82, 2.24) is 0 Å². The topological polar surface area (TPSA) is 68.9 Å². The van der Waals surface area contributed by atoms with Crippen LogP contribution in [0.2, 0.25) is 6.82 Å². The summed E-state index contributed by atoms with van der Waals surface area (Å²) in [6.07, 6.45) is 6.08. The Hall–Kier alpha value is -1.86. The van der Waals surface area contributed by atoms with E-state index in [4.69, 9.17) is 16.7 Å². The lowest BCUT2D eigenvalue weighted by molar-refractivity contribution is 0.154. The summed E-state index contributed by atoms with van der Waals surface area (Å²) in [5.41, 5.74) is 1.39. The number of hydrogen-bond donors (Lipinski definition) is 2. The predicted molar refractivity (Wildman–Crippen MR) is 124 cm³/mol. The van der Waals surface area contributed by atoms with Crippen molar-refractivity contribution in [2.24, 2.45) is 0 Å². The minimum absolute atomic E-state index is 0.161. The van der Waals surface area contributed by atoms with Gasteiger partial charge in [0.2, 0.25) is 1.43 Å². The van der Waals surface area contributed by atoms with Crippen molar-refractivity contribution >= 4 is 36.0 Å². The minimum Gasteiger partial charge on any atom is -0.490 e. The molecule has 0 aliphatic carbocycles. The maximum Gasteiger partial charge on any atom is 0.336 e. The molecule has 0 radical (unpaired) electrons. The number of aryl methyl sites for hydroxylation is 1. The molecule has 0 saturated heterocycles. The van der Waals surface area contributed by atoms with E-state index >= 15 is 0 Å². The number of benzene rings is 1. The van der Waals surface area contributed by atoms with Crippen LogP contribution in [0.25, 0.3) is 17.0 Å². The zero-order valence-electron chi connectivity index (χ0n) is 19.8. The normalized spacial score (nSPS) is 15.9. The largest absolute Gasteiger partial charge is 0.490 e. The van der Waals surface area contributed by atoms with Gasteiger partial charge in [0.1, 0.15) is 22.7 Å². The molecule has 1 unspecified atom stereocenters. The molecule has 1 aliphatic heterocycles. The molecule has 0 amide bonds. The molecule has 158 valence electrons. The number of rotatable bonds is 7. The summed E-state index contributed by atoms with van der Waals surface area (Å²) in [6, 6.07) is 3.31. The fourth-order valence-corrected chi connectivity index (χ4v) is 3.21. The maximum atomic E-state index is 12.0. The Balaban J connectivity index is 0.000000785. The quantitative estimate of drug-likeness (QED) is 0.394. The molecule has 1 atom stereocenters. The van der Waals surface area contributed by atoms with Crippen molar-refractivity contribution in [2.75, 3.05) is 6.61 Å². The van der Waals surface area contributed by atoms with Crippen molar-refractivity contribution < 1.29 is 19.0 Å². The van der Waals surface area contributed by atoms with E-state index in [1.807, 2.05) is 32.9 Å². The second kappa shape index (κ2) is 10.3. The number of ether oxygens (including phenoxy) is 2. The first kappa shape index (κ1) is 20.4.